The maximum absolute atomic E-state index is 13.8. The number of hydrogen-bond acceptors (Lipinski definition) is 6. The van der Waals surface area contributed by atoms with Crippen molar-refractivity contribution in [2.45, 2.75) is 58.8 Å². The second-order valence-corrected chi connectivity index (χ2v) is 11.1. The number of likely N-dealkylation sites (tertiary alicyclic amines) is 1. The lowest BCUT2D eigenvalue weighted by Gasteiger charge is -2.33. The van der Waals surface area contributed by atoms with Gasteiger partial charge in [-0.25, -0.2) is 0 Å². The number of aromatic nitrogens is 1. The van der Waals surface area contributed by atoms with Crippen LogP contribution in [0.1, 0.15) is 67.2 Å². The predicted molar refractivity (Wildman–Crippen MR) is 148 cm³/mol. The van der Waals surface area contributed by atoms with Crippen molar-refractivity contribution in [1.82, 2.24) is 10.1 Å². The van der Waals surface area contributed by atoms with Crippen LogP contribution in [0.15, 0.2) is 40.9 Å². The zero-order valence-electron chi connectivity index (χ0n) is 23.7. The maximum Gasteiger partial charge on any atom is 0.259 e. The Balaban J connectivity index is 1.50. The molecule has 0 spiro atoms. The van der Waals surface area contributed by atoms with Crippen LogP contribution in [0.2, 0.25) is 0 Å². The van der Waals surface area contributed by atoms with E-state index in [4.69, 9.17) is 18.7 Å². The van der Waals surface area contributed by atoms with Crippen molar-refractivity contribution < 1.29 is 23.5 Å². The molecule has 7 nitrogen and oxygen atoms in total. The third kappa shape index (κ3) is 5.82. The average Bonchev–Trinajstić information content (AvgIpc) is 3.31. The highest BCUT2D eigenvalue weighted by Crippen LogP contribution is 2.42. The van der Waals surface area contributed by atoms with Gasteiger partial charge in [0.2, 0.25) is 5.75 Å². The van der Waals surface area contributed by atoms with E-state index in [0.29, 0.717) is 45.7 Å². The third-order valence-corrected chi connectivity index (χ3v) is 7.47. The SMILES string of the molecule is COc1cc(-c2onc(C)c2C(=O)N2CCC[C@H](CCc3ccc(C(C)(C)C)cc3)C2)cc(OC)c1OC. The monoisotopic (exact) mass is 520 g/mol. The van der Waals surface area contributed by atoms with Gasteiger partial charge in [0.05, 0.1) is 27.0 Å². The summed E-state index contributed by atoms with van der Waals surface area (Å²) >= 11 is 0. The number of carbonyl (C=O) groups is 1. The zero-order chi connectivity index (χ0) is 27.4. The highest BCUT2D eigenvalue weighted by Gasteiger charge is 2.31. The Morgan fingerprint density at radius 2 is 1.71 bits per heavy atom. The number of hydrogen-bond donors (Lipinski definition) is 0. The van der Waals surface area contributed by atoms with Gasteiger partial charge in [0, 0.05) is 18.7 Å². The highest BCUT2D eigenvalue weighted by molar-refractivity contribution is 6.00. The van der Waals surface area contributed by atoms with Gasteiger partial charge < -0.3 is 23.6 Å². The summed E-state index contributed by atoms with van der Waals surface area (Å²) in [5, 5.41) is 4.15. The van der Waals surface area contributed by atoms with E-state index in [1.807, 2.05) is 4.90 Å². The van der Waals surface area contributed by atoms with E-state index >= 15 is 0 Å². The number of benzene rings is 2. The number of methoxy groups -OCH3 is 3. The van der Waals surface area contributed by atoms with Crippen LogP contribution in [0.4, 0.5) is 0 Å². The number of aryl methyl sites for hydroxylation is 2. The van der Waals surface area contributed by atoms with Crippen molar-refractivity contribution in [3.63, 3.8) is 0 Å². The Labute approximate surface area is 226 Å². The van der Waals surface area contributed by atoms with Gasteiger partial charge >= 0.3 is 0 Å². The molecule has 1 fully saturated rings. The van der Waals surface area contributed by atoms with Gasteiger partial charge in [0.25, 0.3) is 5.91 Å². The van der Waals surface area contributed by atoms with Crippen molar-refractivity contribution in [1.29, 1.82) is 0 Å². The summed E-state index contributed by atoms with van der Waals surface area (Å²) in [6, 6.07) is 12.5. The Hall–Kier alpha value is -3.48. The van der Waals surface area contributed by atoms with E-state index < -0.39 is 0 Å². The number of rotatable bonds is 8. The van der Waals surface area contributed by atoms with Crippen molar-refractivity contribution in [3.05, 3.63) is 58.8 Å². The summed E-state index contributed by atoms with van der Waals surface area (Å²) in [7, 11) is 4.68. The molecular weight excluding hydrogens is 480 g/mol. The summed E-state index contributed by atoms with van der Waals surface area (Å²) in [6.07, 6.45) is 4.19. The molecule has 4 rings (SSSR count). The predicted octanol–water partition coefficient (Wildman–Crippen LogP) is 6.46. The molecule has 1 amide bonds. The molecule has 1 aromatic heterocycles. The van der Waals surface area contributed by atoms with Gasteiger partial charge in [-0.3, -0.25) is 4.79 Å². The summed E-state index contributed by atoms with van der Waals surface area (Å²) in [5.41, 5.74) is 4.56. The lowest BCUT2D eigenvalue weighted by atomic mass is 9.86. The van der Waals surface area contributed by atoms with Gasteiger partial charge in [-0.1, -0.05) is 50.2 Å². The van der Waals surface area contributed by atoms with Crippen molar-refractivity contribution >= 4 is 5.91 Å². The fraction of sp³-hybridized carbons (Fsp3) is 0.484. The molecule has 2 aromatic carbocycles. The summed E-state index contributed by atoms with van der Waals surface area (Å²) in [5.74, 6) is 2.28. The van der Waals surface area contributed by atoms with Gasteiger partial charge in [0.1, 0.15) is 5.56 Å². The number of carbonyl (C=O) groups excluding carboxylic acids is 1. The van der Waals surface area contributed by atoms with E-state index in [9.17, 15) is 4.79 Å². The molecule has 7 heteroatoms. The van der Waals surface area contributed by atoms with Crippen LogP contribution in [0, 0.1) is 12.8 Å². The van der Waals surface area contributed by atoms with Crippen LogP contribution < -0.4 is 14.2 Å². The molecule has 204 valence electrons. The van der Waals surface area contributed by atoms with Crippen LogP contribution >= 0.6 is 0 Å². The molecule has 0 radical (unpaired) electrons. The molecular formula is C31H40N2O5. The van der Waals surface area contributed by atoms with Crippen molar-refractivity contribution in [3.8, 4) is 28.6 Å². The summed E-state index contributed by atoms with van der Waals surface area (Å²) < 4.78 is 22.1. The molecule has 38 heavy (non-hydrogen) atoms. The molecule has 0 N–H and O–H groups in total. The fourth-order valence-corrected chi connectivity index (χ4v) is 5.22. The normalized spacial score (nSPS) is 15.9. The number of ether oxygens (including phenoxy) is 3. The van der Waals surface area contributed by atoms with Crippen molar-refractivity contribution in [2.75, 3.05) is 34.4 Å². The molecule has 0 saturated carbocycles. The first kappa shape index (κ1) is 27.6. The average molecular weight is 521 g/mol. The molecule has 1 aliphatic heterocycles. The van der Waals surface area contributed by atoms with Gasteiger partial charge in [0.15, 0.2) is 17.3 Å². The van der Waals surface area contributed by atoms with E-state index in [1.54, 1.807) is 40.4 Å². The topological polar surface area (TPSA) is 74.0 Å². The number of amides is 1. The van der Waals surface area contributed by atoms with E-state index in [-0.39, 0.29) is 11.3 Å². The fourth-order valence-electron chi connectivity index (χ4n) is 5.22. The Bertz CT molecular complexity index is 1230. The zero-order valence-corrected chi connectivity index (χ0v) is 23.7. The minimum absolute atomic E-state index is 0.0493. The first-order valence-corrected chi connectivity index (χ1v) is 13.3. The van der Waals surface area contributed by atoms with Gasteiger partial charge in [-0.05, 0) is 67.2 Å². The molecule has 1 saturated heterocycles. The van der Waals surface area contributed by atoms with E-state index in [2.05, 4.69) is 50.2 Å². The summed E-state index contributed by atoms with van der Waals surface area (Å²) in [6.45, 7) is 9.98. The van der Waals surface area contributed by atoms with Crippen molar-refractivity contribution in [2.24, 2.45) is 5.92 Å². The van der Waals surface area contributed by atoms with Crippen LogP contribution in [-0.4, -0.2) is 50.4 Å². The molecule has 3 aromatic rings. The van der Waals surface area contributed by atoms with Crippen LogP contribution in [-0.2, 0) is 11.8 Å². The lowest BCUT2D eigenvalue weighted by molar-refractivity contribution is 0.0668. The van der Waals surface area contributed by atoms with Gasteiger partial charge in [-0.2, -0.15) is 0 Å². The molecule has 0 bridgehead atoms. The molecule has 1 aliphatic rings. The lowest BCUT2D eigenvalue weighted by Crippen LogP contribution is -2.40. The minimum atomic E-state index is -0.0493. The second-order valence-electron chi connectivity index (χ2n) is 11.1. The Kier molecular flexibility index (Phi) is 8.34. The Morgan fingerprint density at radius 3 is 2.29 bits per heavy atom. The molecule has 0 unspecified atom stereocenters. The molecule has 1 atom stereocenters. The largest absolute Gasteiger partial charge is 0.493 e. The standard InChI is InChI=1S/C31H40N2O5/c1-20-27(28(38-32-20)23-17-25(35-5)29(37-7)26(18-23)36-6)30(34)33-16-8-9-22(19-33)11-10-21-12-14-24(15-13-21)31(2,3)4/h12-15,17-18,22H,8-11,16,19H2,1-7H3/t22-/m1/s1. The first-order chi connectivity index (χ1) is 18.2. The summed E-state index contributed by atoms with van der Waals surface area (Å²) in [4.78, 5) is 15.8. The van der Waals surface area contributed by atoms with Crippen LogP contribution in [0.3, 0.4) is 0 Å². The first-order valence-electron chi connectivity index (χ1n) is 13.3. The maximum atomic E-state index is 13.8. The minimum Gasteiger partial charge on any atom is -0.493 e. The third-order valence-electron chi connectivity index (χ3n) is 7.47. The highest BCUT2D eigenvalue weighted by atomic mass is 16.5. The Morgan fingerprint density at radius 1 is 1.05 bits per heavy atom. The van der Waals surface area contributed by atoms with Crippen LogP contribution in [0.5, 0.6) is 17.2 Å². The van der Waals surface area contributed by atoms with Gasteiger partial charge in [-0.15, -0.1) is 0 Å². The molecule has 2 heterocycles. The number of nitrogens with zero attached hydrogens (tertiary/aromatic N) is 2. The number of piperidine rings is 1. The second kappa shape index (κ2) is 11.5. The van der Waals surface area contributed by atoms with E-state index in [0.717, 1.165) is 38.8 Å². The quantitative estimate of drug-likeness (QED) is 0.339. The van der Waals surface area contributed by atoms with E-state index in [1.165, 1.54) is 11.1 Å². The smallest absolute Gasteiger partial charge is 0.259 e. The van der Waals surface area contributed by atoms with Crippen LogP contribution in [0.25, 0.3) is 11.3 Å². The molecule has 0 aliphatic carbocycles.